The summed E-state index contributed by atoms with van der Waals surface area (Å²) in [5.41, 5.74) is 2.19. The summed E-state index contributed by atoms with van der Waals surface area (Å²) >= 11 is 6.08. The van der Waals surface area contributed by atoms with Crippen LogP contribution in [0.5, 0.6) is 0 Å². The van der Waals surface area contributed by atoms with Crippen molar-refractivity contribution in [2.24, 2.45) is 0 Å². The summed E-state index contributed by atoms with van der Waals surface area (Å²) in [5.74, 6) is -0.878. The first-order valence-corrected chi connectivity index (χ1v) is 5.27. The molecule has 15 heavy (non-hydrogen) atoms. The highest BCUT2D eigenvalue weighted by Crippen LogP contribution is 2.32. The van der Waals surface area contributed by atoms with Crippen molar-refractivity contribution in [1.29, 1.82) is 0 Å². The third-order valence-corrected chi connectivity index (χ3v) is 3.12. The number of carboxylic acid groups (broad SMARTS) is 1. The van der Waals surface area contributed by atoms with Crippen molar-refractivity contribution in [3.05, 3.63) is 33.8 Å². The second-order valence-corrected chi connectivity index (χ2v) is 4.13. The van der Waals surface area contributed by atoms with Gasteiger partial charge in [0.25, 0.3) is 0 Å². The van der Waals surface area contributed by atoms with Gasteiger partial charge in [-0.1, -0.05) is 11.6 Å². The summed E-state index contributed by atoms with van der Waals surface area (Å²) < 4.78 is 0. The van der Waals surface area contributed by atoms with Crippen LogP contribution in [0.25, 0.3) is 0 Å². The van der Waals surface area contributed by atoms with Crippen LogP contribution in [0.15, 0.2) is 12.1 Å². The molecule has 0 saturated heterocycles. The molecule has 2 N–H and O–H groups in total. The normalized spacial score (nSPS) is 19.7. The summed E-state index contributed by atoms with van der Waals surface area (Å²) in [6.45, 7) is 2.80. The van der Waals surface area contributed by atoms with E-state index in [1.807, 2.05) is 6.92 Å². The summed E-state index contributed by atoms with van der Waals surface area (Å²) in [6.07, 6.45) is 0.724. The Morgan fingerprint density at radius 1 is 1.60 bits per heavy atom. The Morgan fingerprint density at radius 2 is 2.33 bits per heavy atom. The number of hydrogen-bond donors (Lipinski definition) is 2. The largest absolute Gasteiger partial charge is 0.478 e. The first kappa shape index (κ1) is 10.5. The fourth-order valence-electron chi connectivity index (χ4n) is 2.09. The molecule has 0 radical (unpaired) electrons. The standard InChI is InChI=1S/C11H12ClNO2/c1-6-10-7(4-5-13-6)8(11(14)15)2-3-9(10)12/h2-3,6,13H,4-5H2,1H3,(H,14,15). The highest BCUT2D eigenvalue weighted by molar-refractivity contribution is 6.31. The predicted molar refractivity (Wildman–Crippen MR) is 58.5 cm³/mol. The fourth-order valence-corrected chi connectivity index (χ4v) is 2.43. The van der Waals surface area contributed by atoms with Gasteiger partial charge in [-0.15, -0.1) is 0 Å². The van der Waals surface area contributed by atoms with Gasteiger partial charge in [0.15, 0.2) is 0 Å². The molecule has 0 aromatic heterocycles. The SMILES string of the molecule is CC1NCCc2c(C(=O)O)ccc(Cl)c21. The van der Waals surface area contributed by atoms with E-state index in [4.69, 9.17) is 16.7 Å². The molecule has 4 heteroatoms. The Kier molecular flexibility index (Phi) is 2.67. The average molecular weight is 226 g/mol. The first-order chi connectivity index (χ1) is 7.11. The Hall–Kier alpha value is -1.06. The lowest BCUT2D eigenvalue weighted by atomic mass is 9.91. The molecule has 0 fully saturated rings. The van der Waals surface area contributed by atoms with Gasteiger partial charge in [-0.25, -0.2) is 4.79 Å². The molecular formula is C11H12ClNO2. The lowest BCUT2D eigenvalue weighted by Crippen LogP contribution is -2.29. The monoisotopic (exact) mass is 225 g/mol. The Morgan fingerprint density at radius 3 is 3.00 bits per heavy atom. The second-order valence-electron chi connectivity index (χ2n) is 3.72. The topological polar surface area (TPSA) is 49.3 Å². The Bertz CT molecular complexity index is 417. The van der Waals surface area contributed by atoms with Crippen LogP contribution in [-0.4, -0.2) is 17.6 Å². The molecule has 0 bridgehead atoms. The van der Waals surface area contributed by atoms with Gasteiger partial charge in [0.1, 0.15) is 0 Å². The minimum atomic E-state index is -0.878. The van der Waals surface area contributed by atoms with Gasteiger partial charge in [-0.3, -0.25) is 0 Å². The zero-order chi connectivity index (χ0) is 11.0. The molecule has 0 spiro atoms. The molecule has 0 amide bonds. The van der Waals surface area contributed by atoms with E-state index in [9.17, 15) is 4.79 Å². The smallest absolute Gasteiger partial charge is 0.335 e. The highest BCUT2D eigenvalue weighted by Gasteiger charge is 2.23. The Labute approximate surface area is 93.1 Å². The van der Waals surface area contributed by atoms with Crippen LogP contribution in [0.4, 0.5) is 0 Å². The van der Waals surface area contributed by atoms with Gasteiger partial charge in [0, 0.05) is 11.1 Å². The number of nitrogens with one attached hydrogen (secondary N) is 1. The van der Waals surface area contributed by atoms with Crippen molar-refractivity contribution in [3.8, 4) is 0 Å². The molecule has 1 aromatic rings. The fraction of sp³-hybridized carbons (Fsp3) is 0.364. The van der Waals surface area contributed by atoms with Crippen LogP contribution in [0, 0.1) is 0 Å². The van der Waals surface area contributed by atoms with Crippen molar-refractivity contribution >= 4 is 17.6 Å². The summed E-state index contributed by atoms with van der Waals surface area (Å²) in [6, 6.07) is 3.37. The van der Waals surface area contributed by atoms with Crippen LogP contribution < -0.4 is 5.32 Å². The number of carboxylic acids is 1. The zero-order valence-electron chi connectivity index (χ0n) is 8.38. The predicted octanol–water partition coefficient (Wildman–Crippen LogP) is 2.24. The van der Waals surface area contributed by atoms with Crippen LogP contribution in [0.3, 0.4) is 0 Å². The van der Waals surface area contributed by atoms with E-state index < -0.39 is 5.97 Å². The number of aromatic carboxylic acids is 1. The van der Waals surface area contributed by atoms with E-state index in [2.05, 4.69) is 5.32 Å². The van der Waals surface area contributed by atoms with Crippen molar-refractivity contribution in [2.75, 3.05) is 6.54 Å². The van der Waals surface area contributed by atoms with Gasteiger partial charge in [-0.05, 0) is 43.1 Å². The van der Waals surface area contributed by atoms with Crippen LogP contribution in [0.1, 0.15) is 34.5 Å². The molecule has 1 unspecified atom stereocenters. The molecule has 0 aliphatic carbocycles. The van der Waals surface area contributed by atoms with E-state index in [1.165, 1.54) is 0 Å². The van der Waals surface area contributed by atoms with Gasteiger partial charge in [0.2, 0.25) is 0 Å². The van der Waals surface area contributed by atoms with Crippen molar-refractivity contribution in [3.63, 3.8) is 0 Å². The van der Waals surface area contributed by atoms with E-state index in [1.54, 1.807) is 12.1 Å². The lowest BCUT2D eigenvalue weighted by molar-refractivity contribution is 0.0695. The van der Waals surface area contributed by atoms with E-state index in [0.29, 0.717) is 10.6 Å². The van der Waals surface area contributed by atoms with Crippen LogP contribution in [0.2, 0.25) is 5.02 Å². The first-order valence-electron chi connectivity index (χ1n) is 4.89. The van der Waals surface area contributed by atoms with E-state index in [-0.39, 0.29) is 6.04 Å². The van der Waals surface area contributed by atoms with E-state index >= 15 is 0 Å². The molecule has 1 atom stereocenters. The van der Waals surface area contributed by atoms with Crippen molar-refractivity contribution in [1.82, 2.24) is 5.32 Å². The maximum Gasteiger partial charge on any atom is 0.335 e. The molecule has 3 nitrogen and oxygen atoms in total. The molecule has 80 valence electrons. The number of rotatable bonds is 1. The molecule has 1 aromatic carbocycles. The molecule has 1 aliphatic heterocycles. The summed E-state index contributed by atoms with van der Waals surface area (Å²) in [5, 5.41) is 13.0. The second kappa shape index (κ2) is 3.83. The van der Waals surface area contributed by atoms with Crippen molar-refractivity contribution < 1.29 is 9.90 Å². The minimum Gasteiger partial charge on any atom is -0.478 e. The zero-order valence-corrected chi connectivity index (χ0v) is 9.14. The maximum atomic E-state index is 11.0. The number of halogens is 1. The third-order valence-electron chi connectivity index (χ3n) is 2.79. The molecule has 0 saturated carbocycles. The minimum absolute atomic E-state index is 0.126. The molecule has 1 aliphatic rings. The number of carbonyl (C=O) groups is 1. The third kappa shape index (κ3) is 1.73. The van der Waals surface area contributed by atoms with Gasteiger partial charge >= 0.3 is 5.97 Å². The van der Waals surface area contributed by atoms with Crippen LogP contribution >= 0.6 is 11.6 Å². The lowest BCUT2D eigenvalue weighted by Gasteiger charge is -2.26. The van der Waals surface area contributed by atoms with Crippen molar-refractivity contribution in [2.45, 2.75) is 19.4 Å². The van der Waals surface area contributed by atoms with Gasteiger partial charge in [0.05, 0.1) is 5.56 Å². The average Bonchev–Trinajstić information content (AvgIpc) is 2.17. The van der Waals surface area contributed by atoms with Gasteiger partial charge < -0.3 is 10.4 Å². The quantitative estimate of drug-likeness (QED) is 0.771. The summed E-state index contributed by atoms with van der Waals surface area (Å²) in [4.78, 5) is 11.0. The molecular weight excluding hydrogens is 214 g/mol. The molecule has 2 rings (SSSR count). The highest BCUT2D eigenvalue weighted by atomic mass is 35.5. The number of fused-ring (bicyclic) bond motifs is 1. The Balaban J connectivity index is 2.63. The van der Waals surface area contributed by atoms with Crippen LogP contribution in [-0.2, 0) is 6.42 Å². The number of benzene rings is 1. The van der Waals surface area contributed by atoms with E-state index in [0.717, 1.165) is 24.1 Å². The molecule has 1 heterocycles. The van der Waals surface area contributed by atoms with Gasteiger partial charge in [-0.2, -0.15) is 0 Å². The number of hydrogen-bond acceptors (Lipinski definition) is 2. The summed E-state index contributed by atoms with van der Waals surface area (Å²) in [7, 11) is 0. The maximum absolute atomic E-state index is 11.0.